The first-order chi connectivity index (χ1) is 13.7. The number of hydrogen-bond acceptors (Lipinski definition) is 5. The molecule has 0 radical (unpaired) electrons. The third-order valence-electron chi connectivity index (χ3n) is 8.85. The van der Waals surface area contributed by atoms with E-state index in [0.717, 1.165) is 32.1 Å². The Balaban J connectivity index is 1.70. The van der Waals surface area contributed by atoms with Crippen molar-refractivity contribution in [2.75, 3.05) is 6.61 Å². The number of fused-ring (bicyclic) bond motifs is 5. The van der Waals surface area contributed by atoms with Gasteiger partial charge in [-0.25, -0.2) is 0 Å². The molecule has 0 aromatic carbocycles. The number of esters is 1. The molecule has 4 aliphatic rings. The lowest BCUT2D eigenvalue weighted by atomic mass is 9.47. The monoisotopic (exact) mass is 400 g/mol. The quantitative estimate of drug-likeness (QED) is 0.730. The van der Waals surface area contributed by atoms with Crippen molar-refractivity contribution in [2.24, 2.45) is 28.6 Å². The molecule has 4 aliphatic carbocycles. The fourth-order valence-electron chi connectivity index (χ4n) is 7.27. The van der Waals surface area contributed by atoms with Crippen LogP contribution in [0.15, 0.2) is 23.8 Å². The molecule has 5 nitrogen and oxygen atoms in total. The molecule has 4 rings (SSSR count). The van der Waals surface area contributed by atoms with Gasteiger partial charge in [0.2, 0.25) is 5.78 Å². The molecular formula is C24H32O5. The van der Waals surface area contributed by atoms with Gasteiger partial charge >= 0.3 is 5.97 Å². The average Bonchev–Trinajstić information content (AvgIpc) is 3.01. The first-order valence-corrected chi connectivity index (χ1v) is 11.0. The van der Waals surface area contributed by atoms with Crippen LogP contribution in [0.5, 0.6) is 0 Å². The number of hydrogen-bond donors (Lipinski definition) is 1. The second-order valence-electron chi connectivity index (χ2n) is 9.83. The van der Waals surface area contributed by atoms with Crippen LogP contribution in [0.4, 0.5) is 0 Å². The largest absolute Gasteiger partial charge is 0.450 e. The van der Waals surface area contributed by atoms with Gasteiger partial charge in [0.1, 0.15) is 6.61 Å². The summed E-state index contributed by atoms with van der Waals surface area (Å²) >= 11 is 0. The van der Waals surface area contributed by atoms with Gasteiger partial charge in [-0.15, -0.1) is 0 Å². The first-order valence-electron chi connectivity index (χ1n) is 11.0. The number of aliphatic hydroxyl groups is 1. The second-order valence-corrected chi connectivity index (χ2v) is 9.83. The molecule has 3 fully saturated rings. The standard InChI is InChI=1S/C24H32O5/c1-4-21(28)29-24(20(27)14-25)12-9-19-17-6-5-15-13-16(26)7-10-22(15,2)18(17)8-11-23(19,24)3/h7,10,13,17-19,25H,4-6,8-9,11-12,14H2,1-3H3/t17-,18+,19+,22+,23+,24+/m1/s1. The van der Waals surface area contributed by atoms with Crippen LogP contribution in [-0.2, 0) is 19.1 Å². The molecule has 3 saturated carbocycles. The zero-order valence-corrected chi connectivity index (χ0v) is 17.7. The van der Waals surface area contributed by atoms with E-state index < -0.39 is 17.6 Å². The predicted octanol–water partition coefficient (Wildman–Crippen LogP) is 3.55. The highest BCUT2D eigenvalue weighted by Crippen LogP contribution is 2.67. The summed E-state index contributed by atoms with van der Waals surface area (Å²) in [4.78, 5) is 37.1. The Bertz CT molecular complexity index is 810. The van der Waals surface area contributed by atoms with Crippen LogP contribution in [0.3, 0.4) is 0 Å². The molecule has 29 heavy (non-hydrogen) atoms. The van der Waals surface area contributed by atoms with Crippen LogP contribution in [0.1, 0.15) is 65.7 Å². The highest BCUT2D eigenvalue weighted by molar-refractivity contribution is 6.01. The first kappa shape index (κ1) is 20.5. The summed E-state index contributed by atoms with van der Waals surface area (Å²) < 4.78 is 5.88. The molecule has 0 unspecified atom stereocenters. The second kappa shape index (κ2) is 6.90. The van der Waals surface area contributed by atoms with Crippen molar-refractivity contribution in [2.45, 2.75) is 71.3 Å². The van der Waals surface area contributed by atoms with E-state index in [2.05, 4.69) is 19.9 Å². The molecule has 0 spiro atoms. The van der Waals surface area contributed by atoms with Gasteiger partial charge in [0.05, 0.1) is 0 Å². The minimum Gasteiger partial charge on any atom is -0.450 e. The number of rotatable bonds is 4. The van der Waals surface area contributed by atoms with E-state index in [1.807, 2.05) is 6.08 Å². The maximum atomic E-state index is 12.9. The lowest BCUT2D eigenvalue weighted by Crippen LogP contribution is -2.59. The predicted molar refractivity (Wildman–Crippen MR) is 108 cm³/mol. The van der Waals surface area contributed by atoms with E-state index in [4.69, 9.17) is 4.74 Å². The number of carbonyl (C=O) groups is 3. The van der Waals surface area contributed by atoms with Crippen LogP contribution >= 0.6 is 0 Å². The molecule has 0 aromatic heterocycles. The zero-order chi connectivity index (χ0) is 21.0. The summed E-state index contributed by atoms with van der Waals surface area (Å²) in [5, 5.41) is 9.71. The number of aliphatic hydroxyl groups excluding tert-OH is 1. The molecular weight excluding hydrogens is 368 g/mol. The Morgan fingerprint density at radius 3 is 2.59 bits per heavy atom. The fourth-order valence-corrected chi connectivity index (χ4v) is 7.27. The minimum atomic E-state index is -1.21. The molecule has 0 saturated heterocycles. The van der Waals surface area contributed by atoms with Crippen molar-refractivity contribution >= 4 is 17.5 Å². The molecule has 1 N–H and O–H groups in total. The van der Waals surface area contributed by atoms with Gasteiger partial charge in [-0.2, -0.15) is 0 Å². The SMILES string of the molecule is CCC(=O)O[C@]1(C(=O)CO)CC[C@H]2[C@@H]3CCC4=CC(=O)C=C[C@]4(C)[C@H]3CC[C@@]21C. The van der Waals surface area contributed by atoms with Crippen LogP contribution in [-0.4, -0.2) is 34.9 Å². The van der Waals surface area contributed by atoms with Gasteiger partial charge in [0.15, 0.2) is 11.4 Å². The summed E-state index contributed by atoms with van der Waals surface area (Å²) in [6, 6.07) is 0. The van der Waals surface area contributed by atoms with Crippen molar-refractivity contribution in [1.82, 2.24) is 0 Å². The molecule has 0 aliphatic heterocycles. The van der Waals surface area contributed by atoms with E-state index in [1.165, 1.54) is 5.57 Å². The van der Waals surface area contributed by atoms with E-state index in [9.17, 15) is 19.5 Å². The molecule has 0 aromatic rings. The molecule has 0 amide bonds. The molecule has 0 heterocycles. The van der Waals surface area contributed by atoms with Gasteiger partial charge in [0, 0.05) is 17.3 Å². The molecule has 0 bridgehead atoms. The van der Waals surface area contributed by atoms with Crippen LogP contribution < -0.4 is 0 Å². The van der Waals surface area contributed by atoms with E-state index in [-0.39, 0.29) is 35.3 Å². The number of carbonyl (C=O) groups excluding carboxylic acids is 3. The zero-order valence-electron chi connectivity index (χ0n) is 17.7. The van der Waals surface area contributed by atoms with Crippen molar-refractivity contribution in [3.63, 3.8) is 0 Å². The van der Waals surface area contributed by atoms with Crippen molar-refractivity contribution < 1.29 is 24.2 Å². The van der Waals surface area contributed by atoms with E-state index in [0.29, 0.717) is 18.3 Å². The number of ether oxygens (including phenoxy) is 1. The van der Waals surface area contributed by atoms with Crippen molar-refractivity contribution in [3.05, 3.63) is 23.8 Å². The molecule has 6 atom stereocenters. The number of ketones is 2. The van der Waals surface area contributed by atoms with Crippen LogP contribution in [0.25, 0.3) is 0 Å². The third-order valence-corrected chi connectivity index (χ3v) is 8.85. The Morgan fingerprint density at radius 1 is 1.17 bits per heavy atom. The summed E-state index contributed by atoms with van der Waals surface area (Å²) in [7, 11) is 0. The highest BCUT2D eigenvalue weighted by Gasteiger charge is 2.68. The van der Waals surface area contributed by atoms with Crippen molar-refractivity contribution in [3.8, 4) is 0 Å². The Morgan fingerprint density at radius 2 is 1.90 bits per heavy atom. The van der Waals surface area contributed by atoms with Gasteiger partial charge < -0.3 is 9.84 Å². The fraction of sp³-hybridized carbons (Fsp3) is 0.708. The van der Waals surface area contributed by atoms with Crippen LogP contribution in [0.2, 0.25) is 0 Å². The summed E-state index contributed by atoms with van der Waals surface area (Å²) in [6.07, 6.45) is 10.8. The van der Waals surface area contributed by atoms with Crippen molar-refractivity contribution in [1.29, 1.82) is 0 Å². The summed E-state index contributed by atoms with van der Waals surface area (Å²) in [5.41, 5.74) is -0.530. The maximum Gasteiger partial charge on any atom is 0.306 e. The topological polar surface area (TPSA) is 80.7 Å². The lowest BCUT2D eigenvalue weighted by molar-refractivity contribution is -0.190. The van der Waals surface area contributed by atoms with Gasteiger partial charge in [-0.1, -0.05) is 32.4 Å². The average molecular weight is 401 g/mol. The molecule has 5 heteroatoms. The number of Topliss-reactive ketones (excluding diaryl/α,β-unsaturated/α-hetero) is 1. The Hall–Kier alpha value is -1.75. The lowest BCUT2D eigenvalue weighted by Gasteiger charge is -2.58. The van der Waals surface area contributed by atoms with Gasteiger partial charge in [-0.3, -0.25) is 14.4 Å². The van der Waals surface area contributed by atoms with E-state index >= 15 is 0 Å². The highest BCUT2D eigenvalue weighted by atomic mass is 16.6. The third kappa shape index (κ3) is 2.73. The number of allylic oxidation sites excluding steroid dienone is 4. The van der Waals surface area contributed by atoms with Crippen LogP contribution in [0, 0.1) is 28.6 Å². The van der Waals surface area contributed by atoms with Gasteiger partial charge in [0.25, 0.3) is 0 Å². The smallest absolute Gasteiger partial charge is 0.306 e. The van der Waals surface area contributed by atoms with Gasteiger partial charge in [-0.05, 0) is 68.4 Å². The normalized spacial score (nSPS) is 43.1. The van der Waals surface area contributed by atoms with E-state index in [1.54, 1.807) is 13.0 Å². The Labute approximate surface area is 172 Å². The summed E-state index contributed by atoms with van der Waals surface area (Å²) in [6.45, 7) is 5.49. The Kier molecular flexibility index (Phi) is 4.88. The molecule has 158 valence electrons. The minimum absolute atomic E-state index is 0.0801. The summed E-state index contributed by atoms with van der Waals surface area (Å²) in [5.74, 6) is 0.468. The maximum absolute atomic E-state index is 12.9.